The molecule has 1 saturated carbocycles. The van der Waals surface area contributed by atoms with E-state index in [0.29, 0.717) is 6.04 Å². The smallest absolute Gasteiger partial charge is 0.271 e. The molecule has 1 aromatic rings. The first-order valence-electron chi connectivity index (χ1n) is 6.09. The van der Waals surface area contributed by atoms with Crippen LogP contribution in [0.2, 0.25) is 5.02 Å². The summed E-state index contributed by atoms with van der Waals surface area (Å²) in [4.78, 5) is 21.3. The Balaban J connectivity index is 1.98. The first kappa shape index (κ1) is 14.5. The van der Waals surface area contributed by atoms with Crippen molar-refractivity contribution >= 4 is 23.2 Å². The van der Waals surface area contributed by atoms with Crippen molar-refractivity contribution in [1.82, 2.24) is 5.32 Å². The van der Waals surface area contributed by atoms with Crippen LogP contribution in [0.1, 0.15) is 12.8 Å². The molecule has 0 heterocycles. The molecule has 1 aliphatic carbocycles. The number of hydrogen-bond donors (Lipinski definition) is 2. The fourth-order valence-corrected chi connectivity index (χ4v) is 1.87. The Hall–Kier alpha value is -1.86. The van der Waals surface area contributed by atoms with Gasteiger partial charge in [0.1, 0.15) is 18.4 Å². The van der Waals surface area contributed by atoms with Crippen LogP contribution in [0.5, 0.6) is 5.75 Å². The fraction of sp³-hybridized carbons (Fsp3) is 0.417. The predicted molar refractivity (Wildman–Crippen MR) is 72.7 cm³/mol. The number of benzene rings is 1. The number of nitrogens with zero attached hydrogens (tertiary/aromatic N) is 1. The summed E-state index contributed by atoms with van der Waals surface area (Å²) in [5.74, 6) is -0.226. The molecular formula is C12H14ClN3O4. The molecule has 0 bridgehead atoms. The molecule has 1 aromatic carbocycles. The van der Waals surface area contributed by atoms with Crippen molar-refractivity contribution in [2.45, 2.75) is 24.9 Å². The van der Waals surface area contributed by atoms with Crippen LogP contribution in [-0.2, 0) is 4.79 Å². The third-order valence-corrected chi connectivity index (χ3v) is 3.18. The Morgan fingerprint density at radius 3 is 2.80 bits per heavy atom. The second-order valence-corrected chi connectivity index (χ2v) is 4.99. The fourth-order valence-electron chi connectivity index (χ4n) is 1.64. The number of nitrogens with two attached hydrogens (primary N) is 1. The highest BCUT2D eigenvalue weighted by Gasteiger charge is 2.27. The zero-order valence-corrected chi connectivity index (χ0v) is 11.3. The Labute approximate surface area is 120 Å². The number of carbonyl (C=O) groups excluding carboxylic acids is 1. The molecule has 108 valence electrons. The normalized spacial score (nSPS) is 15.7. The third kappa shape index (κ3) is 3.82. The van der Waals surface area contributed by atoms with E-state index < -0.39 is 16.9 Å². The molecular weight excluding hydrogens is 286 g/mol. The van der Waals surface area contributed by atoms with Crippen LogP contribution >= 0.6 is 11.6 Å². The summed E-state index contributed by atoms with van der Waals surface area (Å²) in [5.41, 5.74) is 5.15. The van der Waals surface area contributed by atoms with Crippen LogP contribution in [0.15, 0.2) is 18.2 Å². The Morgan fingerprint density at radius 1 is 1.60 bits per heavy atom. The lowest BCUT2D eigenvalue weighted by Gasteiger charge is -2.16. The van der Waals surface area contributed by atoms with Gasteiger partial charge in [0.15, 0.2) is 0 Å². The summed E-state index contributed by atoms with van der Waals surface area (Å²) in [7, 11) is 0. The van der Waals surface area contributed by atoms with Crippen LogP contribution in [0.3, 0.4) is 0 Å². The molecule has 1 amide bonds. The number of nitro groups is 1. The van der Waals surface area contributed by atoms with Gasteiger partial charge in [-0.2, -0.15) is 0 Å². The molecule has 2 rings (SSSR count). The van der Waals surface area contributed by atoms with Crippen molar-refractivity contribution in [3.8, 4) is 5.75 Å². The summed E-state index contributed by atoms with van der Waals surface area (Å²) in [5, 5.41) is 13.8. The summed E-state index contributed by atoms with van der Waals surface area (Å²) in [6.45, 7) is 0.0311. The van der Waals surface area contributed by atoms with Crippen LogP contribution in [0.4, 0.5) is 5.69 Å². The average molecular weight is 300 g/mol. The maximum absolute atomic E-state index is 11.3. The zero-order valence-electron chi connectivity index (χ0n) is 10.5. The van der Waals surface area contributed by atoms with Crippen molar-refractivity contribution in [3.63, 3.8) is 0 Å². The van der Waals surface area contributed by atoms with E-state index >= 15 is 0 Å². The number of nitrogens with one attached hydrogen (secondary N) is 1. The highest BCUT2D eigenvalue weighted by atomic mass is 35.5. The highest BCUT2D eigenvalue weighted by molar-refractivity contribution is 6.32. The Kier molecular flexibility index (Phi) is 4.41. The lowest BCUT2D eigenvalue weighted by Crippen LogP contribution is -2.46. The number of hydrogen-bond acceptors (Lipinski definition) is 5. The number of carbonyl (C=O) groups is 1. The minimum absolute atomic E-state index is 0.0311. The minimum atomic E-state index is -0.603. The van der Waals surface area contributed by atoms with E-state index in [4.69, 9.17) is 22.1 Å². The Bertz CT molecular complexity index is 533. The molecule has 8 heteroatoms. The van der Waals surface area contributed by atoms with Crippen molar-refractivity contribution in [3.05, 3.63) is 33.3 Å². The molecule has 7 nitrogen and oxygen atoms in total. The summed E-state index contributed by atoms with van der Waals surface area (Å²) >= 11 is 5.89. The molecule has 1 unspecified atom stereocenters. The molecule has 20 heavy (non-hydrogen) atoms. The van der Waals surface area contributed by atoms with E-state index in [1.54, 1.807) is 0 Å². The first-order valence-corrected chi connectivity index (χ1v) is 6.47. The number of non-ortho nitro benzene ring substituents is 1. The van der Waals surface area contributed by atoms with Crippen molar-refractivity contribution in [1.29, 1.82) is 0 Å². The van der Waals surface area contributed by atoms with Gasteiger partial charge in [0.2, 0.25) is 5.91 Å². The van der Waals surface area contributed by atoms with E-state index in [1.807, 2.05) is 0 Å². The zero-order chi connectivity index (χ0) is 14.7. The number of rotatable bonds is 7. The van der Waals surface area contributed by atoms with E-state index in [1.165, 1.54) is 18.2 Å². The largest absolute Gasteiger partial charge is 0.490 e. The van der Waals surface area contributed by atoms with Crippen LogP contribution < -0.4 is 15.8 Å². The molecule has 0 aromatic heterocycles. The molecule has 0 radical (unpaired) electrons. The van der Waals surface area contributed by atoms with Gasteiger partial charge in [0.25, 0.3) is 5.69 Å². The number of nitro benzene ring substituents is 1. The predicted octanol–water partition coefficient (Wildman–Crippen LogP) is 1.23. The maximum Gasteiger partial charge on any atom is 0.271 e. The monoisotopic (exact) mass is 299 g/mol. The molecule has 1 fully saturated rings. The maximum atomic E-state index is 11.3. The molecule has 1 aliphatic rings. The number of amides is 1. The molecule has 0 aliphatic heterocycles. The average Bonchev–Trinajstić information content (AvgIpc) is 3.19. The van der Waals surface area contributed by atoms with Gasteiger partial charge in [-0.3, -0.25) is 14.9 Å². The van der Waals surface area contributed by atoms with Crippen LogP contribution in [0, 0.1) is 10.1 Å². The van der Waals surface area contributed by atoms with Gasteiger partial charge < -0.3 is 15.8 Å². The second kappa shape index (κ2) is 6.06. The molecule has 1 atom stereocenters. The van der Waals surface area contributed by atoms with Gasteiger partial charge in [0, 0.05) is 18.2 Å². The first-order chi connectivity index (χ1) is 9.47. The van der Waals surface area contributed by atoms with Gasteiger partial charge in [-0.1, -0.05) is 11.6 Å². The van der Waals surface area contributed by atoms with Crippen molar-refractivity contribution in [2.24, 2.45) is 5.73 Å². The summed E-state index contributed by atoms with van der Waals surface area (Å²) in [6, 6.07) is 3.59. The molecule has 3 N–H and O–H groups in total. The van der Waals surface area contributed by atoms with Gasteiger partial charge in [-0.15, -0.1) is 0 Å². The number of halogens is 1. The quantitative estimate of drug-likeness (QED) is 0.581. The van der Waals surface area contributed by atoms with E-state index in [0.717, 1.165) is 12.8 Å². The van der Waals surface area contributed by atoms with Crippen molar-refractivity contribution < 1.29 is 14.5 Å². The van der Waals surface area contributed by atoms with E-state index in [-0.39, 0.29) is 23.1 Å². The van der Waals surface area contributed by atoms with E-state index in [9.17, 15) is 14.9 Å². The SMILES string of the molecule is NC(=O)C(COc1ccc([N+](=O)[O-])cc1Cl)NC1CC1. The van der Waals surface area contributed by atoms with Gasteiger partial charge >= 0.3 is 0 Å². The lowest BCUT2D eigenvalue weighted by molar-refractivity contribution is -0.384. The van der Waals surface area contributed by atoms with E-state index in [2.05, 4.69) is 5.32 Å². The lowest BCUT2D eigenvalue weighted by atomic mass is 10.3. The highest BCUT2D eigenvalue weighted by Crippen LogP contribution is 2.28. The topological polar surface area (TPSA) is 107 Å². The number of primary amides is 1. The van der Waals surface area contributed by atoms with Crippen molar-refractivity contribution in [2.75, 3.05) is 6.61 Å². The Morgan fingerprint density at radius 2 is 2.30 bits per heavy atom. The third-order valence-electron chi connectivity index (χ3n) is 2.89. The van der Waals surface area contributed by atoms with Gasteiger partial charge in [0.05, 0.1) is 9.95 Å². The summed E-state index contributed by atoms with van der Waals surface area (Å²) in [6.07, 6.45) is 2.03. The van der Waals surface area contributed by atoms with Crippen LogP contribution in [0.25, 0.3) is 0 Å². The molecule has 0 spiro atoms. The second-order valence-electron chi connectivity index (χ2n) is 4.58. The number of ether oxygens (including phenoxy) is 1. The standard InChI is InChI=1S/C12H14ClN3O4/c13-9-5-8(16(18)19)3-4-11(9)20-6-10(12(14)17)15-7-1-2-7/h3-5,7,10,15H,1-2,6H2,(H2,14,17). The van der Waals surface area contributed by atoms with Gasteiger partial charge in [-0.05, 0) is 18.9 Å². The molecule has 0 saturated heterocycles. The van der Waals surface area contributed by atoms with Gasteiger partial charge in [-0.25, -0.2) is 0 Å². The van der Waals surface area contributed by atoms with Crippen LogP contribution in [-0.4, -0.2) is 29.5 Å². The minimum Gasteiger partial charge on any atom is -0.490 e. The summed E-state index contributed by atoms with van der Waals surface area (Å²) < 4.78 is 5.41.